The second kappa shape index (κ2) is 4.32. The number of aliphatic hydroxyl groups is 3. The Bertz CT molecular complexity index is 147. The standard InChI is InChI=1S/C7H15NO5/c1-12-7-6(11)5(10)4(9)3(2-8)13-7/h3-7,9-11H,2,8H2,1H3/t3?,4-,5+,6-,7+/m1/s1. The summed E-state index contributed by atoms with van der Waals surface area (Å²) < 4.78 is 9.83. The highest BCUT2D eigenvalue weighted by Gasteiger charge is 2.43. The number of nitrogens with two attached hydrogens (primary N) is 1. The topological polar surface area (TPSA) is 105 Å². The van der Waals surface area contributed by atoms with Crippen molar-refractivity contribution in [3.63, 3.8) is 0 Å². The quantitative estimate of drug-likeness (QED) is 0.383. The molecule has 0 spiro atoms. The molecule has 1 aliphatic rings. The van der Waals surface area contributed by atoms with E-state index in [1.165, 1.54) is 7.11 Å². The van der Waals surface area contributed by atoms with Crippen molar-refractivity contribution in [2.45, 2.75) is 30.7 Å². The van der Waals surface area contributed by atoms with Gasteiger partial charge in [-0.15, -0.1) is 0 Å². The molecule has 0 aliphatic carbocycles. The Labute approximate surface area is 75.9 Å². The van der Waals surface area contributed by atoms with E-state index in [1.54, 1.807) is 0 Å². The van der Waals surface area contributed by atoms with E-state index < -0.39 is 30.7 Å². The van der Waals surface area contributed by atoms with Crippen molar-refractivity contribution >= 4 is 0 Å². The van der Waals surface area contributed by atoms with Crippen LogP contribution in [0.1, 0.15) is 0 Å². The molecule has 1 heterocycles. The fourth-order valence-corrected chi connectivity index (χ4v) is 1.31. The average Bonchev–Trinajstić information content (AvgIpc) is 2.15. The summed E-state index contributed by atoms with van der Waals surface area (Å²) in [6, 6.07) is 0. The van der Waals surface area contributed by atoms with Gasteiger partial charge in [0, 0.05) is 13.7 Å². The largest absolute Gasteiger partial charge is 0.388 e. The van der Waals surface area contributed by atoms with Crippen LogP contribution in [0.25, 0.3) is 0 Å². The van der Waals surface area contributed by atoms with E-state index in [1.807, 2.05) is 0 Å². The molecule has 5 atom stereocenters. The van der Waals surface area contributed by atoms with Crippen LogP contribution in [0, 0.1) is 0 Å². The zero-order valence-corrected chi connectivity index (χ0v) is 7.33. The Morgan fingerprint density at radius 2 is 1.85 bits per heavy atom. The molecule has 1 fully saturated rings. The molecule has 0 bridgehead atoms. The van der Waals surface area contributed by atoms with Gasteiger partial charge >= 0.3 is 0 Å². The number of hydrogen-bond donors (Lipinski definition) is 4. The summed E-state index contributed by atoms with van der Waals surface area (Å²) in [7, 11) is 1.34. The van der Waals surface area contributed by atoms with E-state index in [-0.39, 0.29) is 6.54 Å². The summed E-state index contributed by atoms with van der Waals surface area (Å²) in [6.45, 7) is 0.0603. The van der Waals surface area contributed by atoms with Gasteiger partial charge in [0.25, 0.3) is 0 Å². The molecule has 1 unspecified atom stereocenters. The highest BCUT2D eigenvalue weighted by atomic mass is 16.7. The lowest BCUT2D eigenvalue weighted by Crippen LogP contribution is -2.59. The third kappa shape index (κ3) is 1.98. The number of rotatable bonds is 2. The van der Waals surface area contributed by atoms with Crippen LogP contribution in [0.4, 0.5) is 0 Å². The first-order valence-electron chi connectivity index (χ1n) is 4.04. The van der Waals surface area contributed by atoms with Gasteiger partial charge in [0.1, 0.15) is 24.4 Å². The molecular weight excluding hydrogens is 178 g/mol. The molecule has 6 nitrogen and oxygen atoms in total. The lowest BCUT2D eigenvalue weighted by Gasteiger charge is -2.39. The predicted octanol–water partition coefficient (Wildman–Crippen LogP) is -2.60. The predicted molar refractivity (Wildman–Crippen MR) is 42.7 cm³/mol. The van der Waals surface area contributed by atoms with E-state index in [2.05, 4.69) is 0 Å². The highest BCUT2D eigenvalue weighted by molar-refractivity contribution is 4.89. The third-order valence-electron chi connectivity index (χ3n) is 2.13. The van der Waals surface area contributed by atoms with Gasteiger partial charge in [0.15, 0.2) is 6.29 Å². The molecule has 5 N–H and O–H groups in total. The smallest absolute Gasteiger partial charge is 0.186 e. The summed E-state index contributed by atoms with van der Waals surface area (Å²) in [5.74, 6) is 0. The summed E-state index contributed by atoms with van der Waals surface area (Å²) in [5.41, 5.74) is 5.28. The van der Waals surface area contributed by atoms with Crippen LogP contribution in [-0.4, -0.2) is 59.7 Å². The number of methoxy groups -OCH3 is 1. The SMILES string of the molecule is CO[C@H]1OC(CN)[C@@H](O)[C@H](O)[C@H]1O. The van der Waals surface area contributed by atoms with Crippen LogP contribution >= 0.6 is 0 Å². The van der Waals surface area contributed by atoms with Crippen LogP contribution in [0.15, 0.2) is 0 Å². The van der Waals surface area contributed by atoms with Gasteiger partial charge in [-0.3, -0.25) is 0 Å². The monoisotopic (exact) mass is 193 g/mol. The molecule has 0 radical (unpaired) electrons. The van der Waals surface area contributed by atoms with Crippen LogP contribution in [-0.2, 0) is 9.47 Å². The Balaban J connectivity index is 2.66. The molecule has 1 saturated heterocycles. The normalized spacial score (nSPS) is 46.4. The minimum Gasteiger partial charge on any atom is -0.388 e. The molecule has 0 aromatic heterocycles. The molecule has 0 saturated carbocycles. The van der Waals surface area contributed by atoms with Crippen molar-refractivity contribution < 1.29 is 24.8 Å². The van der Waals surface area contributed by atoms with E-state index in [4.69, 9.17) is 15.2 Å². The van der Waals surface area contributed by atoms with E-state index in [0.717, 1.165) is 0 Å². The van der Waals surface area contributed by atoms with Crippen molar-refractivity contribution in [3.05, 3.63) is 0 Å². The van der Waals surface area contributed by atoms with Crippen molar-refractivity contribution in [2.75, 3.05) is 13.7 Å². The van der Waals surface area contributed by atoms with Gasteiger partial charge < -0.3 is 30.5 Å². The highest BCUT2D eigenvalue weighted by Crippen LogP contribution is 2.20. The molecule has 78 valence electrons. The third-order valence-corrected chi connectivity index (χ3v) is 2.13. The second-order valence-electron chi connectivity index (χ2n) is 2.99. The molecule has 0 amide bonds. The zero-order valence-electron chi connectivity index (χ0n) is 7.33. The summed E-state index contributed by atoms with van der Waals surface area (Å²) in [4.78, 5) is 0. The van der Waals surface area contributed by atoms with E-state index in [9.17, 15) is 15.3 Å². The van der Waals surface area contributed by atoms with Crippen LogP contribution in [0.5, 0.6) is 0 Å². The van der Waals surface area contributed by atoms with Crippen LogP contribution < -0.4 is 5.73 Å². The lowest BCUT2D eigenvalue weighted by atomic mass is 9.99. The maximum atomic E-state index is 9.35. The number of aliphatic hydroxyl groups excluding tert-OH is 3. The van der Waals surface area contributed by atoms with Gasteiger partial charge in [-0.25, -0.2) is 0 Å². The Kier molecular flexibility index (Phi) is 3.60. The number of hydrogen-bond acceptors (Lipinski definition) is 6. The minimum atomic E-state index is -1.28. The Hall–Kier alpha value is -0.240. The second-order valence-corrected chi connectivity index (χ2v) is 2.99. The number of ether oxygens (including phenoxy) is 2. The molecule has 1 rings (SSSR count). The molecule has 13 heavy (non-hydrogen) atoms. The molecule has 6 heteroatoms. The summed E-state index contributed by atoms with van der Waals surface area (Å²) in [5, 5.41) is 28.0. The Morgan fingerprint density at radius 3 is 2.31 bits per heavy atom. The van der Waals surface area contributed by atoms with Crippen molar-refractivity contribution in [2.24, 2.45) is 5.73 Å². The fourth-order valence-electron chi connectivity index (χ4n) is 1.31. The average molecular weight is 193 g/mol. The molecule has 1 aliphatic heterocycles. The van der Waals surface area contributed by atoms with Crippen LogP contribution in [0.3, 0.4) is 0 Å². The summed E-state index contributed by atoms with van der Waals surface area (Å²) >= 11 is 0. The van der Waals surface area contributed by atoms with E-state index in [0.29, 0.717) is 0 Å². The maximum Gasteiger partial charge on any atom is 0.186 e. The minimum absolute atomic E-state index is 0.0603. The van der Waals surface area contributed by atoms with Gasteiger partial charge in [-0.1, -0.05) is 0 Å². The maximum absolute atomic E-state index is 9.35. The fraction of sp³-hybridized carbons (Fsp3) is 1.00. The van der Waals surface area contributed by atoms with Crippen molar-refractivity contribution in [1.29, 1.82) is 0 Å². The Morgan fingerprint density at radius 1 is 1.23 bits per heavy atom. The molecular formula is C7H15NO5. The van der Waals surface area contributed by atoms with Crippen LogP contribution in [0.2, 0.25) is 0 Å². The van der Waals surface area contributed by atoms with Crippen molar-refractivity contribution in [3.8, 4) is 0 Å². The first-order valence-corrected chi connectivity index (χ1v) is 4.04. The first-order chi connectivity index (χ1) is 6.11. The molecule has 0 aromatic rings. The lowest BCUT2D eigenvalue weighted by molar-refractivity contribution is -0.287. The van der Waals surface area contributed by atoms with Gasteiger partial charge in [-0.2, -0.15) is 0 Å². The van der Waals surface area contributed by atoms with Gasteiger partial charge in [0.2, 0.25) is 0 Å². The van der Waals surface area contributed by atoms with Gasteiger partial charge in [-0.05, 0) is 0 Å². The van der Waals surface area contributed by atoms with Crippen molar-refractivity contribution in [1.82, 2.24) is 0 Å². The molecule has 0 aromatic carbocycles. The van der Waals surface area contributed by atoms with Gasteiger partial charge in [0.05, 0.1) is 0 Å². The zero-order chi connectivity index (χ0) is 10.0. The van der Waals surface area contributed by atoms with E-state index >= 15 is 0 Å². The first kappa shape index (κ1) is 10.8. The summed E-state index contributed by atoms with van der Waals surface area (Å²) in [6.07, 6.45) is -5.35.